The van der Waals surface area contributed by atoms with Crippen molar-refractivity contribution >= 4 is 11.5 Å². The van der Waals surface area contributed by atoms with Crippen LogP contribution in [-0.2, 0) is 0 Å². The van der Waals surface area contributed by atoms with Gasteiger partial charge in [-0.3, -0.25) is 9.78 Å². The summed E-state index contributed by atoms with van der Waals surface area (Å²) in [4.78, 5) is 15.0. The summed E-state index contributed by atoms with van der Waals surface area (Å²) in [5.41, 5.74) is 9.07. The molecule has 7 heteroatoms. The van der Waals surface area contributed by atoms with E-state index < -0.39 is 0 Å². The maximum Gasteiger partial charge on any atom is 0.279 e. The van der Waals surface area contributed by atoms with Crippen LogP contribution in [0.2, 0.25) is 0 Å². The van der Waals surface area contributed by atoms with Gasteiger partial charge in [0, 0.05) is 16.8 Å². The molecule has 4 rings (SSSR count). The number of aryl methyl sites for hydroxylation is 1. The molecule has 0 spiro atoms. The van der Waals surface area contributed by atoms with Crippen molar-refractivity contribution in [2.24, 2.45) is 0 Å². The first-order chi connectivity index (χ1) is 11.6. The van der Waals surface area contributed by atoms with Crippen molar-refractivity contribution in [3.8, 4) is 22.6 Å². The molecule has 0 aliphatic rings. The second kappa shape index (κ2) is 5.31. The van der Waals surface area contributed by atoms with Gasteiger partial charge in [0.25, 0.3) is 11.3 Å². The fraction of sp³-hybridized carbons (Fsp3) is 0.0588. The Kier molecular flexibility index (Phi) is 3.13. The topological polar surface area (TPSA) is 102 Å². The number of hydrogen-bond donors (Lipinski definition) is 2. The smallest absolute Gasteiger partial charge is 0.279 e. The van der Waals surface area contributed by atoms with Gasteiger partial charge in [0.15, 0.2) is 11.5 Å². The third-order valence-corrected chi connectivity index (χ3v) is 3.75. The molecule has 24 heavy (non-hydrogen) atoms. The van der Waals surface area contributed by atoms with Crippen LogP contribution in [0.3, 0.4) is 0 Å². The Bertz CT molecular complexity index is 1090. The summed E-state index contributed by atoms with van der Waals surface area (Å²) in [5, 5.41) is 12.6. The molecule has 0 amide bonds. The summed E-state index contributed by atoms with van der Waals surface area (Å²) < 4.78 is 1.52. The molecule has 2 heterocycles. The molecule has 2 aromatic carbocycles. The average molecular weight is 318 g/mol. The van der Waals surface area contributed by atoms with Gasteiger partial charge >= 0.3 is 0 Å². The number of nitrogen functional groups attached to an aromatic ring is 1. The lowest BCUT2D eigenvalue weighted by molar-refractivity contribution is 0.898. The monoisotopic (exact) mass is 318 g/mol. The van der Waals surface area contributed by atoms with Crippen LogP contribution < -0.4 is 11.3 Å². The quantitative estimate of drug-likeness (QED) is 0.551. The lowest BCUT2D eigenvalue weighted by Gasteiger charge is -2.03. The highest BCUT2D eigenvalue weighted by molar-refractivity contribution is 5.64. The molecular weight excluding hydrogens is 304 g/mol. The first kappa shape index (κ1) is 14.1. The summed E-state index contributed by atoms with van der Waals surface area (Å²) in [5.74, 6) is 0.801. The van der Waals surface area contributed by atoms with E-state index in [1.54, 1.807) is 12.1 Å². The number of anilines is 1. The highest BCUT2D eigenvalue weighted by atomic mass is 16.1. The van der Waals surface area contributed by atoms with Gasteiger partial charge in [-0.1, -0.05) is 42.0 Å². The van der Waals surface area contributed by atoms with E-state index >= 15 is 0 Å². The fourth-order valence-electron chi connectivity index (χ4n) is 2.52. The zero-order valence-corrected chi connectivity index (χ0v) is 12.9. The van der Waals surface area contributed by atoms with E-state index in [0.29, 0.717) is 17.2 Å². The SMILES string of the molecule is Cc1ccc(-c2nn3c(-c4cccc(N)c4)nnc3[nH]c2=O)cc1. The van der Waals surface area contributed by atoms with Crippen LogP contribution in [0.5, 0.6) is 0 Å². The van der Waals surface area contributed by atoms with Crippen molar-refractivity contribution in [3.63, 3.8) is 0 Å². The molecule has 0 aliphatic carbocycles. The predicted molar refractivity (Wildman–Crippen MR) is 91.4 cm³/mol. The van der Waals surface area contributed by atoms with Crippen LogP contribution in [0.25, 0.3) is 28.4 Å². The normalized spacial score (nSPS) is 11.0. The van der Waals surface area contributed by atoms with E-state index in [1.807, 2.05) is 43.3 Å². The van der Waals surface area contributed by atoms with Gasteiger partial charge in [-0.15, -0.1) is 10.2 Å². The van der Waals surface area contributed by atoms with Crippen LogP contribution in [0, 0.1) is 6.92 Å². The Labute approximate surface area is 136 Å². The molecule has 0 saturated carbocycles. The van der Waals surface area contributed by atoms with E-state index in [9.17, 15) is 4.79 Å². The molecule has 0 radical (unpaired) electrons. The van der Waals surface area contributed by atoms with E-state index in [2.05, 4.69) is 20.3 Å². The molecule has 0 fully saturated rings. The van der Waals surface area contributed by atoms with Gasteiger partial charge in [-0.2, -0.15) is 9.61 Å². The molecule has 0 aliphatic heterocycles. The minimum absolute atomic E-state index is 0.285. The third kappa shape index (κ3) is 2.32. The highest BCUT2D eigenvalue weighted by Crippen LogP contribution is 2.20. The van der Waals surface area contributed by atoms with E-state index in [4.69, 9.17) is 5.73 Å². The van der Waals surface area contributed by atoms with Crippen molar-refractivity contribution in [3.05, 3.63) is 64.4 Å². The van der Waals surface area contributed by atoms with Gasteiger partial charge in [0.2, 0.25) is 0 Å². The molecule has 0 bridgehead atoms. The number of benzene rings is 2. The van der Waals surface area contributed by atoms with Crippen LogP contribution >= 0.6 is 0 Å². The summed E-state index contributed by atoms with van der Waals surface area (Å²) in [7, 11) is 0. The van der Waals surface area contributed by atoms with E-state index in [-0.39, 0.29) is 11.3 Å². The molecule has 118 valence electrons. The number of fused-ring (bicyclic) bond motifs is 1. The van der Waals surface area contributed by atoms with Crippen molar-refractivity contribution in [1.29, 1.82) is 0 Å². The van der Waals surface area contributed by atoms with Crippen molar-refractivity contribution in [2.45, 2.75) is 6.92 Å². The number of nitrogens with zero attached hydrogens (tertiary/aromatic N) is 4. The number of aromatic amines is 1. The summed E-state index contributed by atoms with van der Waals surface area (Å²) >= 11 is 0. The molecule has 7 nitrogen and oxygen atoms in total. The van der Waals surface area contributed by atoms with E-state index in [1.165, 1.54) is 4.52 Å². The van der Waals surface area contributed by atoms with Gasteiger partial charge < -0.3 is 5.73 Å². The Morgan fingerprint density at radius 3 is 2.58 bits per heavy atom. The first-order valence-electron chi connectivity index (χ1n) is 7.40. The summed E-state index contributed by atoms with van der Waals surface area (Å²) in [6.07, 6.45) is 0. The maximum absolute atomic E-state index is 12.3. The number of nitrogens with two attached hydrogens (primary N) is 1. The minimum Gasteiger partial charge on any atom is -0.399 e. The fourth-order valence-corrected chi connectivity index (χ4v) is 2.52. The van der Waals surface area contributed by atoms with Crippen molar-refractivity contribution in [2.75, 3.05) is 5.73 Å². The van der Waals surface area contributed by atoms with Crippen LogP contribution in [0.4, 0.5) is 5.69 Å². The Morgan fingerprint density at radius 2 is 1.83 bits per heavy atom. The van der Waals surface area contributed by atoms with Crippen molar-refractivity contribution < 1.29 is 0 Å². The Balaban J connectivity index is 1.94. The van der Waals surface area contributed by atoms with Crippen LogP contribution in [0.15, 0.2) is 53.3 Å². The lowest BCUT2D eigenvalue weighted by Crippen LogP contribution is -2.15. The van der Waals surface area contributed by atoms with Gasteiger partial charge in [-0.25, -0.2) is 0 Å². The minimum atomic E-state index is -0.308. The summed E-state index contributed by atoms with van der Waals surface area (Å²) in [6.45, 7) is 1.99. The second-order valence-corrected chi connectivity index (χ2v) is 5.55. The Morgan fingerprint density at radius 1 is 1.04 bits per heavy atom. The number of H-pyrrole nitrogens is 1. The standard InChI is InChI=1S/C17H14N6O/c1-10-5-7-11(8-6-10)14-16(24)19-17-21-20-15(23(17)22-14)12-3-2-4-13(18)9-12/h2-9H,18H2,1H3,(H,19,21,24). The number of rotatable bonds is 2. The largest absolute Gasteiger partial charge is 0.399 e. The number of nitrogens with one attached hydrogen (secondary N) is 1. The molecule has 0 saturated heterocycles. The van der Waals surface area contributed by atoms with Gasteiger partial charge in [0.1, 0.15) is 0 Å². The summed E-state index contributed by atoms with van der Waals surface area (Å²) in [6, 6.07) is 14.9. The molecule has 0 atom stereocenters. The predicted octanol–water partition coefficient (Wildman–Crippen LogP) is 2.04. The first-order valence-corrected chi connectivity index (χ1v) is 7.40. The number of aromatic nitrogens is 5. The molecule has 2 aromatic heterocycles. The van der Waals surface area contributed by atoms with Gasteiger partial charge in [0.05, 0.1) is 0 Å². The van der Waals surface area contributed by atoms with Crippen LogP contribution in [0.1, 0.15) is 5.56 Å². The molecule has 0 unspecified atom stereocenters. The molecular formula is C17H14N6O. The second-order valence-electron chi connectivity index (χ2n) is 5.55. The van der Waals surface area contributed by atoms with Gasteiger partial charge in [-0.05, 0) is 19.1 Å². The van der Waals surface area contributed by atoms with Crippen LogP contribution in [-0.4, -0.2) is 24.8 Å². The molecule has 4 aromatic rings. The zero-order valence-electron chi connectivity index (χ0n) is 12.9. The maximum atomic E-state index is 12.3. The number of hydrogen-bond acceptors (Lipinski definition) is 5. The van der Waals surface area contributed by atoms with E-state index in [0.717, 1.165) is 16.7 Å². The Hall–Kier alpha value is -3.48. The molecule has 3 N–H and O–H groups in total. The highest BCUT2D eigenvalue weighted by Gasteiger charge is 2.14. The third-order valence-electron chi connectivity index (χ3n) is 3.75. The lowest BCUT2D eigenvalue weighted by atomic mass is 10.1. The zero-order chi connectivity index (χ0) is 16.7. The van der Waals surface area contributed by atoms with Crippen molar-refractivity contribution in [1.82, 2.24) is 24.8 Å². The average Bonchev–Trinajstić information content (AvgIpc) is 2.97.